The van der Waals surface area contributed by atoms with Crippen LogP contribution in [0.25, 0.3) is 0 Å². The van der Waals surface area contributed by atoms with Crippen molar-refractivity contribution < 1.29 is 4.74 Å². The summed E-state index contributed by atoms with van der Waals surface area (Å²) in [6, 6.07) is 13.7. The number of benzene rings is 1. The molecule has 2 aromatic rings. The molecule has 0 aliphatic heterocycles. The van der Waals surface area contributed by atoms with Crippen molar-refractivity contribution in [1.82, 2.24) is 4.98 Å². The lowest BCUT2D eigenvalue weighted by atomic mass is 10.2. The third-order valence-electron chi connectivity index (χ3n) is 2.03. The molecule has 1 aromatic heterocycles. The molecular formula is C13H12NO. The minimum atomic E-state index is 0.546. The van der Waals surface area contributed by atoms with Crippen LogP contribution in [0.15, 0.2) is 48.7 Å². The van der Waals surface area contributed by atoms with Gasteiger partial charge >= 0.3 is 0 Å². The van der Waals surface area contributed by atoms with Gasteiger partial charge in [-0.2, -0.15) is 0 Å². The second-order valence-corrected chi connectivity index (χ2v) is 3.28. The zero-order valence-electron chi connectivity index (χ0n) is 8.39. The molecule has 15 heavy (non-hydrogen) atoms. The third kappa shape index (κ3) is 2.81. The van der Waals surface area contributed by atoms with Crippen molar-refractivity contribution in [1.29, 1.82) is 0 Å². The first-order chi connectivity index (χ1) is 7.34. The SMILES string of the molecule is [CH2]c1ccc(OCc2ccccc2)nc1. The maximum atomic E-state index is 5.51. The number of nitrogens with zero attached hydrogens (tertiary/aromatic N) is 1. The van der Waals surface area contributed by atoms with Crippen LogP contribution in [0.4, 0.5) is 0 Å². The number of ether oxygens (including phenoxy) is 1. The first-order valence-electron chi connectivity index (χ1n) is 4.79. The van der Waals surface area contributed by atoms with E-state index < -0.39 is 0 Å². The van der Waals surface area contributed by atoms with Gasteiger partial charge in [-0.05, 0) is 18.1 Å². The highest BCUT2D eigenvalue weighted by molar-refractivity contribution is 5.20. The Morgan fingerprint density at radius 1 is 1.07 bits per heavy atom. The number of aromatic nitrogens is 1. The zero-order valence-corrected chi connectivity index (χ0v) is 8.39. The molecule has 0 spiro atoms. The van der Waals surface area contributed by atoms with Gasteiger partial charge in [0.25, 0.3) is 0 Å². The highest BCUT2D eigenvalue weighted by atomic mass is 16.5. The second kappa shape index (κ2) is 4.60. The molecule has 1 radical (unpaired) electrons. The molecule has 0 aliphatic rings. The van der Waals surface area contributed by atoms with Gasteiger partial charge in [0.05, 0.1) is 0 Å². The maximum Gasteiger partial charge on any atom is 0.213 e. The fraction of sp³-hybridized carbons (Fsp3) is 0.0769. The standard InChI is InChI=1S/C13H12NO/c1-11-7-8-13(14-9-11)15-10-12-5-3-2-4-6-12/h2-9H,1,10H2. The van der Waals surface area contributed by atoms with E-state index in [1.165, 1.54) is 0 Å². The highest BCUT2D eigenvalue weighted by Crippen LogP contribution is 2.09. The topological polar surface area (TPSA) is 22.1 Å². The predicted octanol–water partition coefficient (Wildman–Crippen LogP) is 2.84. The van der Waals surface area contributed by atoms with Crippen LogP contribution >= 0.6 is 0 Å². The Kier molecular flexibility index (Phi) is 2.98. The average molecular weight is 198 g/mol. The van der Waals surface area contributed by atoms with Crippen molar-refractivity contribution in [2.24, 2.45) is 0 Å². The van der Waals surface area contributed by atoms with Crippen LogP contribution in [0, 0.1) is 6.92 Å². The Balaban J connectivity index is 1.96. The van der Waals surface area contributed by atoms with E-state index in [2.05, 4.69) is 11.9 Å². The van der Waals surface area contributed by atoms with E-state index in [-0.39, 0.29) is 0 Å². The quantitative estimate of drug-likeness (QED) is 0.756. The summed E-state index contributed by atoms with van der Waals surface area (Å²) in [7, 11) is 0. The molecule has 1 heterocycles. The second-order valence-electron chi connectivity index (χ2n) is 3.28. The van der Waals surface area contributed by atoms with Crippen LogP contribution in [0.1, 0.15) is 11.1 Å². The third-order valence-corrected chi connectivity index (χ3v) is 2.03. The van der Waals surface area contributed by atoms with Crippen LogP contribution in [0.2, 0.25) is 0 Å². The van der Waals surface area contributed by atoms with Crippen LogP contribution in [-0.4, -0.2) is 4.98 Å². The lowest BCUT2D eigenvalue weighted by Crippen LogP contribution is -1.96. The lowest BCUT2D eigenvalue weighted by molar-refractivity contribution is 0.294. The fourth-order valence-corrected chi connectivity index (χ4v) is 1.23. The summed E-state index contributed by atoms with van der Waals surface area (Å²) in [6.07, 6.45) is 1.69. The van der Waals surface area contributed by atoms with E-state index in [4.69, 9.17) is 4.74 Å². The van der Waals surface area contributed by atoms with Crippen molar-refractivity contribution in [3.05, 3.63) is 66.7 Å². The molecule has 0 unspecified atom stereocenters. The van der Waals surface area contributed by atoms with Gasteiger partial charge in [0.1, 0.15) is 6.61 Å². The zero-order chi connectivity index (χ0) is 10.5. The van der Waals surface area contributed by atoms with Crippen LogP contribution in [0.3, 0.4) is 0 Å². The van der Waals surface area contributed by atoms with Gasteiger partial charge in [0, 0.05) is 12.3 Å². The van der Waals surface area contributed by atoms with Crippen molar-refractivity contribution in [2.45, 2.75) is 6.61 Å². The van der Waals surface area contributed by atoms with E-state index in [0.29, 0.717) is 12.5 Å². The first kappa shape index (κ1) is 9.71. The average Bonchev–Trinajstić information content (AvgIpc) is 2.30. The van der Waals surface area contributed by atoms with Crippen molar-refractivity contribution >= 4 is 0 Å². The molecule has 2 rings (SSSR count). The van der Waals surface area contributed by atoms with Crippen LogP contribution in [0.5, 0.6) is 5.88 Å². The molecule has 0 saturated heterocycles. The van der Waals surface area contributed by atoms with Crippen molar-refractivity contribution in [3.63, 3.8) is 0 Å². The Bertz CT molecular complexity index is 408. The summed E-state index contributed by atoms with van der Waals surface area (Å²) in [5.41, 5.74) is 2.03. The minimum Gasteiger partial charge on any atom is -0.473 e. The Labute approximate surface area is 89.6 Å². The van der Waals surface area contributed by atoms with E-state index in [0.717, 1.165) is 11.1 Å². The largest absolute Gasteiger partial charge is 0.473 e. The van der Waals surface area contributed by atoms with Gasteiger partial charge in [-0.25, -0.2) is 4.98 Å². The Hall–Kier alpha value is -1.83. The summed E-state index contributed by atoms with van der Waals surface area (Å²) >= 11 is 0. The summed E-state index contributed by atoms with van der Waals surface area (Å²) in [5, 5.41) is 0. The molecule has 2 heteroatoms. The van der Waals surface area contributed by atoms with Crippen molar-refractivity contribution in [3.8, 4) is 5.88 Å². The number of pyridine rings is 1. The normalized spacial score (nSPS) is 9.93. The van der Waals surface area contributed by atoms with Gasteiger partial charge in [0.2, 0.25) is 5.88 Å². The van der Waals surface area contributed by atoms with Gasteiger partial charge in [-0.3, -0.25) is 0 Å². The minimum absolute atomic E-state index is 0.546. The number of hydrogen-bond donors (Lipinski definition) is 0. The molecule has 0 aliphatic carbocycles. The van der Waals surface area contributed by atoms with Crippen LogP contribution < -0.4 is 4.74 Å². The molecule has 0 N–H and O–H groups in total. The summed E-state index contributed by atoms with van der Waals surface area (Å²) < 4.78 is 5.51. The van der Waals surface area contributed by atoms with E-state index >= 15 is 0 Å². The molecule has 0 fully saturated rings. The maximum absolute atomic E-state index is 5.51. The molecule has 0 amide bonds. The first-order valence-corrected chi connectivity index (χ1v) is 4.79. The highest BCUT2D eigenvalue weighted by Gasteiger charge is 1.95. The Morgan fingerprint density at radius 3 is 2.53 bits per heavy atom. The molecule has 0 bridgehead atoms. The summed E-state index contributed by atoms with van der Waals surface area (Å²) in [5.74, 6) is 0.631. The molecule has 0 saturated carbocycles. The van der Waals surface area contributed by atoms with Crippen molar-refractivity contribution in [2.75, 3.05) is 0 Å². The monoisotopic (exact) mass is 198 g/mol. The van der Waals surface area contributed by atoms with Gasteiger partial charge in [-0.1, -0.05) is 36.4 Å². The predicted molar refractivity (Wildman–Crippen MR) is 59.5 cm³/mol. The molecule has 75 valence electrons. The molecule has 0 atom stereocenters. The summed E-state index contributed by atoms with van der Waals surface area (Å²) in [6.45, 7) is 4.31. The van der Waals surface area contributed by atoms with Gasteiger partial charge < -0.3 is 4.74 Å². The van der Waals surface area contributed by atoms with Gasteiger partial charge in [-0.15, -0.1) is 0 Å². The smallest absolute Gasteiger partial charge is 0.213 e. The van der Waals surface area contributed by atoms with E-state index in [9.17, 15) is 0 Å². The molecule has 1 aromatic carbocycles. The van der Waals surface area contributed by atoms with Gasteiger partial charge in [0.15, 0.2) is 0 Å². The number of hydrogen-bond acceptors (Lipinski definition) is 2. The van der Waals surface area contributed by atoms with E-state index in [1.807, 2.05) is 42.5 Å². The summed E-state index contributed by atoms with van der Waals surface area (Å²) in [4.78, 5) is 4.11. The van der Waals surface area contributed by atoms with Crippen LogP contribution in [-0.2, 0) is 6.61 Å². The fourth-order valence-electron chi connectivity index (χ4n) is 1.23. The number of rotatable bonds is 3. The molecule has 2 nitrogen and oxygen atoms in total. The Morgan fingerprint density at radius 2 is 1.87 bits per heavy atom. The lowest BCUT2D eigenvalue weighted by Gasteiger charge is -2.04. The molecular weight excluding hydrogens is 186 g/mol. The van der Waals surface area contributed by atoms with E-state index in [1.54, 1.807) is 6.20 Å².